The zero-order valence-electron chi connectivity index (χ0n) is 15.7. The van der Waals surface area contributed by atoms with Crippen LogP contribution in [0.1, 0.15) is 28.8 Å². The number of ether oxygens (including phenoxy) is 1. The Morgan fingerprint density at radius 2 is 1.92 bits per heavy atom. The van der Waals surface area contributed by atoms with Crippen LogP contribution in [-0.2, 0) is 11.3 Å². The lowest BCUT2D eigenvalue weighted by molar-refractivity contribution is 0.0276. The molecule has 6 nitrogen and oxygen atoms in total. The lowest BCUT2D eigenvalue weighted by atomic mass is 10.0. The third kappa shape index (κ3) is 4.93. The summed E-state index contributed by atoms with van der Waals surface area (Å²) in [4.78, 5) is 21.4. The predicted octanol–water partition coefficient (Wildman–Crippen LogP) is 2.11. The van der Waals surface area contributed by atoms with Gasteiger partial charge in [0.25, 0.3) is 5.91 Å². The van der Waals surface area contributed by atoms with Gasteiger partial charge in [-0.2, -0.15) is 0 Å². The van der Waals surface area contributed by atoms with Gasteiger partial charge in [0, 0.05) is 56.8 Å². The molecule has 2 heterocycles. The van der Waals surface area contributed by atoms with E-state index in [2.05, 4.69) is 9.88 Å². The van der Waals surface area contributed by atoms with Crippen molar-refractivity contribution in [2.24, 2.45) is 0 Å². The summed E-state index contributed by atoms with van der Waals surface area (Å²) in [5.41, 5.74) is 1.91. The molecule has 140 valence electrons. The van der Waals surface area contributed by atoms with Crippen molar-refractivity contribution >= 4 is 5.91 Å². The molecule has 0 N–H and O–H groups in total. The SMILES string of the molecule is CN(C)CCN(C(=O)c1ccc(Cn2ccnc2)cc1)C1CCOCC1. The van der Waals surface area contributed by atoms with Crippen LogP contribution in [0.3, 0.4) is 0 Å². The highest BCUT2D eigenvalue weighted by Gasteiger charge is 2.26. The monoisotopic (exact) mass is 356 g/mol. The van der Waals surface area contributed by atoms with Crippen molar-refractivity contribution in [3.8, 4) is 0 Å². The van der Waals surface area contributed by atoms with Gasteiger partial charge in [-0.15, -0.1) is 0 Å². The Morgan fingerprint density at radius 1 is 1.19 bits per heavy atom. The van der Waals surface area contributed by atoms with Crippen molar-refractivity contribution in [1.82, 2.24) is 19.4 Å². The Hall–Kier alpha value is -2.18. The van der Waals surface area contributed by atoms with E-state index in [4.69, 9.17) is 4.74 Å². The second kappa shape index (κ2) is 8.96. The second-order valence-electron chi connectivity index (χ2n) is 7.08. The molecular formula is C20H28N4O2. The first-order chi connectivity index (χ1) is 12.6. The number of amides is 1. The Labute approximate surface area is 155 Å². The number of hydrogen-bond acceptors (Lipinski definition) is 4. The molecular weight excluding hydrogens is 328 g/mol. The quantitative estimate of drug-likeness (QED) is 0.762. The van der Waals surface area contributed by atoms with Gasteiger partial charge in [-0.1, -0.05) is 12.1 Å². The second-order valence-corrected chi connectivity index (χ2v) is 7.08. The maximum atomic E-state index is 13.1. The minimum Gasteiger partial charge on any atom is -0.381 e. The minimum atomic E-state index is 0.118. The standard InChI is InChI=1S/C20H28N4O2/c1-22(2)11-12-24(19-7-13-26-14-8-19)20(25)18-5-3-17(4-6-18)15-23-10-9-21-16-23/h3-6,9-10,16,19H,7-8,11-15H2,1-2H3. The van der Waals surface area contributed by atoms with Gasteiger partial charge in [-0.05, 0) is 44.6 Å². The molecule has 0 unspecified atom stereocenters. The molecule has 3 rings (SSSR count). The number of carbonyl (C=O) groups excluding carboxylic acids is 1. The van der Waals surface area contributed by atoms with E-state index in [0.29, 0.717) is 0 Å². The largest absolute Gasteiger partial charge is 0.381 e. The molecule has 1 fully saturated rings. The summed E-state index contributed by atoms with van der Waals surface area (Å²) < 4.78 is 7.49. The minimum absolute atomic E-state index is 0.118. The summed E-state index contributed by atoms with van der Waals surface area (Å²) in [5.74, 6) is 0.118. The normalized spacial score (nSPS) is 15.3. The van der Waals surface area contributed by atoms with Gasteiger partial charge in [0.15, 0.2) is 0 Å². The maximum Gasteiger partial charge on any atom is 0.254 e. The number of likely N-dealkylation sites (N-methyl/N-ethyl adjacent to an activating group) is 1. The lowest BCUT2D eigenvalue weighted by Gasteiger charge is -2.35. The number of imidazole rings is 1. The molecule has 1 aromatic carbocycles. The summed E-state index contributed by atoms with van der Waals surface area (Å²) >= 11 is 0. The molecule has 1 aliphatic heterocycles. The van der Waals surface area contributed by atoms with Crippen LogP contribution in [0.15, 0.2) is 43.0 Å². The zero-order chi connectivity index (χ0) is 18.4. The highest BCUT2D eigenvalue weighted by molar-refractivity contribution is 5.94. The maximum absolute atomic E-state index is 13.1. The van der Waals surface area contributed by atoms with Crippen molar-refractivity contribution in [2.75, 3.05) is 40.4 Å². The van der Waals surface area contributed by atoms with Gasteiger partial charge in [0.1, 0.15) is 0 Å². The summed E-state index contributed by atoms with van der Waals surface area (Å²) in [6, 6.07) is 8.21. The third-order valence-electron chi connectivity index (χ3n) is 4.81. The van der Waals surface area contributed by atoms with Crippen LogP contribution >= 0.6 is 0 Å². The topological polar surface area (TPSA) is 50.6 Å². The number of rotatable bonds is 7. The molecule has 0 atom stereocenters. The van der Waals surface area contributed by atoms with Crippen molar-refractivity contribution in [3.63, 3.8) is 0 Å². The summed E-state index contributed by atoms with van der Waals surface area (Å²) in [7, 11) is 4.08. The molecule has 0 saturated carbocycles. The van der Waals surface area contributed by atoms with E-state index in [1.807, 2.05) is 54.0 Å². The molecule has 1 amide bonds. The van der Waals surface area contributed by atoms with Gasteiger partial charge in [-0.25, -0.2) is 4.98 Å². The van der Waals surface area contributed by atoms with E-state index in [1.165, 1.54) is 0 Å². The van der Waals surface area contributed by atoms with Gasteiger partial charge >= 0.3 is 0 Å². The van der Waals surface area contributed by atoms with Crippen LogP contribution in [0.4, 0.5) is 0 Å². The van der Waals surface area contributed by atoms with Crippen LogP contribution in [0.25, 0.3) is 0 Å². The first-order valence-corrected chi connectivity index (χ1v) is 9.21. The summed E-state index contributed by atoms with van der Waals surface area (Å²) in [5, 5.41) is 0. The van der Waals surface area contributed by atoms with Gasteiger partial charge in [0.05, 0.1) is 6.33 Å². The Morgan fingerprint density at radius 3 is 2.54 bits per heavy atom. The van der Waals surface area contributed by atoms with Crippen LogP contribution in [0.5, 0.6) is 0 Å². The molecule has 0 spiro atoms. The Kier molecular flexibility index (Phi) is 6.41. The van der Waals surface area contributed by atoms with Crippen molar-refractivity contribution in [1.29, 1.82) is 0 Å². The molecule has 0 radical (unpaired) electrons. The molecule has 1 aliphatic rings. The number of benzene rings is 1. The molecule has 0 aliphatic carbocycles. The average Bonchev–Trinajstić information content (AvgIpc) is 3.16. The number of nitrogens with zero attached hydrogens (tertiary/aromatic N) is 4. The Balaban J connectivity index is 1.70. The number of aromatic nitrogens is 2. The molecule has 1 saturated heterocycles. The highest BCUT2D eigenvalue weighted by Crippen LogP contribution is 2.18. The fourth-order valence-electron chi connectivity index (χ4n) is 3.26. The van der Waals surface area contributed by atoms with E-state index < -0.39 is 0 Å². The van der Waals surface area contributed by atoms with Crippen molar-refractivity contribution in [2.45, 2.75) is 25.4 Å². The summed E-state index contributed by atoms with van der Waals surface area (Å²) in [6.45, 7) is 3.84. The predicted molar refractivity (Wildman–Crippen MR) is 101 cm³/mol. The van der Waals surface area contributed by atoms with E-state index >= 15 is 0 Å². The highest BCUT2D eigenvalue weighted by atomic mass is 16.5. The van der Waals surface area contributed by atoms with E-state index in [-0.39, 0.29) is 11.9 Å². The molecule has 6 heteroatoms. The van der Waals surface area contributed by atoms with Gasteiger partial charge in [0.2, 0.25) is 0 Å². The third-order valence-corrected chi connectivity index (χ3v) is 4.81. The zero-order valence-corrected chi connectivity index (χ0v) is 15.7. The molecule has 2 aromatic rings. The van der Waals surface area contributed by atoms with E-state index in [1.54, 1.807) is 12.5 Å². The first-order valence-electron chi connectivity index (χ1n) is 9.21. The van der Waals surface area contributed by atoms with E-state index in [9.17, 15) is 4.79 Å². The van der Waals surface area contributed by atoms with Gasteiger partial charge < -0.3 is 19.1 Å². The fraction of sp³-hybridized carbons (Fsp3) is 0.500. The molecule has 0 bridgehead atoms. The lowest BCUT2D eigenvalue weighted by Crippen LogP contribution is -2.46. The molecule has 26 heavy (non-hydrogen) atoms. The number of carbonyl (C=O) groups is 1. The fourth-order valence-corrected chi connectivity index (χ4v) is 3.26. The number of hydrogen-bond donors (Lipinski definition) is 0. The smallest absolute Gasteiger partial charge is 0.254 e. The average molecular weight is 356 g/mol. The Bertz CT molecular complexity index is 676. The summed E-state index contributed by atoms with van der Waals surface area (Å²) in [6.07, 6.45) is 7.34. The van der Waals surface area contributed by atoms with Gasteiger partial charge in [-0.3, -0.25) is 4.79 Å². The van der Waals surface area contributed by atoms with E-state index in [0.717, 1.165) is 56.8 Å². The first kappa shape index (κ1) is 18.6. The van der Waals surface area contributed by atoms with Crippen molar-refractivity contribution < 1.29 is 9.53 Å². The van der Waals surface area contributed by atoms with Crippen LogP contribution in [0.2, 0.25) is 0 Å². The van der Waals surface area contributed by atoms with Crippen LogP contribution < -0.4 is 0 Å². The van der Waals surface area contributed by atoms with Crippen LogP contribution in [0, 0.1) is 0 Å². The van der Waals surface area contributed by atoms with Crippen LogP contribution in [-0.4, -0.2) is 71.7 Å². The molecule has 1 aromatic heterocycles. The van der Waals surface area contributed by atoms with Crippen molar-refractivity contribution in [3.05, 3.63) is 54.1 Å².